The van der Waals surface area contributed by atoms with Gasteiger partial charge in [-0.05, 0) is 65.5 Å². The second-order valence-corrected chi connectivity index (χ2v) is 6.54. The Bertz CT molecular complexity index is 1030. The summed E-state index contributed by atoms with van der Waals surface area (Å²) in [5.74, 6) is -2.45. The van der Waals surface area contributed by atoms with Gasteiger partial charge < -0.3 is 10.1 Å². The molecule has 146 valence electrons. The molecule has 2 N–H and O–H groups in total. The molecular formula is C20H14FN3O4S. The van der Waals surface area contributed by atoms with Crippen LogP contribution in [0.1, 0.15) is 15.2 Å². The number of amides is 2. The first-order valence-electron chi connectivity index (χ1n) is 8.27. The smallest absolute Gasteiger partial charge is 0.353 e. The van der Waals surface area contributed by atoms with Crippen molar-refractivity contribution in [2.45, 2.75) is 0 Å². The van der Waals surface area contributed by atoms with Crippen LogP contribution in [0.5, 0.6) is 5.75 Å². The Kier molecular flexibility index (Phi) is 6.43. The zero-order chi connectivity index (χ0) is 20.6. The average Bonchev–Trinajstić information content (AvgIpc) is 3.26. The number of hydrogen-bond donors (Lipinski definition) is 2. The predicted molar refractivity (Wildman–Crippen MR) is 106 cm³/mol. The summed E-state index contributed by atoms with van der Waals surface area (Å²) < 4.78 is 18.1. The number of nitrogens with one attached hydrogen (secondary N) is 2. The molecule has 0 spiro atoms. The van der Waals surface area contributed by atoms with Crippen molar-refractivity contribution in [3.63, 3.8) is 0 Å². The van der Waals surface area contributed by atoms with Crippen molar-refractivity contribution < 1.29 is 23.5 Å². The van der Waals surface area contributed by atoms with Crippen molar-refractivity contribution in [1.82, 2.24) is 5.43 Å². The van der Waals surface area contributed by atoms with E-state index >= 15 is 0 Å². The lowest BCUT2D eigenvalue weighted by Gasteiger charge is -2.04. The van der Waals surface area contributed by atoms with Crippen LogP contribution in [-0.2, 0) is 9.59 Å². The van der Waals surface area contributed by atoms with Gasteiger partial charge in [-0.2, -0.15) is 5.10 Å². The van der Waals surface area contributed by atoms with Crippen LogP contribution >= 0.6 is 11.3 Å². The molecule has 2 aromatic carbocycles. The van der Waals surface area contributed by atoms with Gasteiger partial charge in [0.1, 0.15) is 16.4 Å². The number of esters is 1. The first-order valence-corrected chi connectivity index (χ1v) is 9.15. The van der Waals surface area contributed by atoms with Crippen molar-refractivity contribution in [2.75, 3.05) is 5.32 Å². The van der Waals surface area contributed by atoms with Gasteiger partial charge in [0.2, 0.25) is 0 Å². The largest absolute Gasteiger partial charge is 0.422 e. The first kappa shape index (κ1) is 19.9. The number of anilines is 1. The molecular weight excluding hydrogens is 397 g/mol. The Morgan fingerprint density at radius 2 is 1.69 bits per heavy atom. The van der Waals surface area contributed by atoms with E-state index in [0.29, 0.717) is 16.2 Å². The summed E-state index contributed by atoms with van der Waals surface area (Å²) in [6.45, 7) is 0. The highest BCUT2D eigenvalue weighted by Crippen LogP contribution is 2.16. The van der Waals surface area contributed by atoms with E-state index in [0.717, 1.165) is 12.1 Å². The van der Waals surface area contributed by atoms with Crippen molar-refractivity contribution in [3.05, 3.63) is 82.3 Å². The first-order chi connectivity index (χ1) is 14.0. The number of hydrazone groups is 1. The van der Waals surface area contributed by atoms with Crippen LogP contribution in [0.4, 0.5) is 10.1 Å². The van der Waals surface area contributed by atoms with E-state index in [4.69, 9.17) is 4.74 Å². The fraction of sp³-hybridized carbons (Fsp3) is 0. The van der Waals surface area contributed by atoms with Crippen LogP contribution in [0.3, 0.4) is 0 Å². The Hall–Kier alpha value is -3.85. The van der Waals surface area contributed by atoms with Crippen LogP contribution in [0.2, 0.25) is 0 Å². The van der Waals surface area contributed by atoms with Crippen molar-refractivity contribution in [2.24, 2.45) is 5.10 Å². The maximum Gasteiger partial charge on any atom is 0.353 e. The van der Waals surface area contributed by atoms with E-state index in [-0.39, 0.29) is 5.69 Å². The molecule has 0 saturated carbocycles. The number of carbonyl (C=O) groups is 3. The lowest BCUT2D eigenvalue weighted by Crippen LogP contribution is -2.32. The Morgan fingerprint density at radius 3 is 2.34 bits per heavy atom. The average molecular weight is 411 g/mol. The molecule has 0 radical (unpaired) electrons. The van der Waals surface area contributed by atoms with Crippen molar-refractivity contribution >= 4 is 41.0 Å². The van der Waals surface area contributed by atoms with Crippen LogP contribution in [0.15, 0.2) is 71.1 Å². The molecule has 0 saturated heterocycles. The zero-order valence-corrected chi connectivity index (χ0v) is 15.6. The molecule has 0 unspecified atom stereocenters. The molecule has 0 aliphatic rings. The molecule has 0 atom stereocenters. The van der Waals surface area contributed by atoms with E-state index < -0.39 is 23.6 Å². The topological polar surface area (TPSA) is 96.9 Å². The number of benzene rings is 2. The normalized spacial score (nSPS) is 10.5. The monoisotopic (exact) mass is 411 g/mol. The van der Waals surface area contributed by atoms with E-state index in [1.54, 1.807) is 41.8 Å². The summed E-state index contributed by atoms with van der Waals surface area (Å²) in [6.07, 6.45) is 1.33. The molecule has 3 rings (SSSR count). The van der Waals surface area contributed by atoms with Gasteiger partial charge in [0.15, 0.2) is 0 Å². The molecule has 2 amide bonds. The Labute approximate surface area is 168 Å². The van der Waals surface area contributed by atoms with Crippen LogP contribution in [-0.4, -0.2) is 24.0 Å². The lowest BCUT2D eigenvalue weighted by atomic mass is 10.2. The number of halogens is 1. The number of ether oxygens (including phenoxy) is 1. The SMILES string of the molecule is O=C(N/N=C\c1ccc(OC(=O)c2cccs2)cc1)C(=O)Nc1ccc(F)cc1. The quantitative estimate of drug-likeness (QED) is 0.222. The number of carbonyl (C=O) groups excluding carboxylic acids is 3. The number of thiophene rings is 1. The summed E-state index contributed by atoms with van der Waals surface area (Å²) in [5, 5.41) is 7.80. The van der Waals surface area contributed by atoms with Crippen LogP contribution < -0.4 is 15.5 Å². The van der Waals surface area contributed by atoms with Gasteiger partial charge in [0.25, 0.3) is 0 Å². The number of rotatable bonds is 5. The fourth-order valence-corrected chi connectivity index (χ4v) is 2.71. The highest BCUT2D eigenvalue weighted by Gasteiger charge is 2.13. The molecule has 1 aromatic heterocycles. The van der Waals surface area contributed by atoms with Crippen LogP contribution in [0, 0.1) is 5.82 Å². The van der Waals surface area contributed by atoms with Gasteiger partial charge in [-0.25, -0.2) is 14.6 Å². The summed E-state index contributed by atoms with van der Waals surface area (Å²) in [4.78, 5) is 35.8. The van der Waals surface area contributed by atoms with E-state index in [9.17, 15) is 18.8 Å². The van der Waals surface area contributed by atoms with Gasteiger partial charge in [-0.3, -0.25) is 9.59 Å². The second kappa shape index (κ2) is 9.38. The molecule has 7 nitrogen and oxygen atoms in total. The molecule has 0 aliphatic carbocycles. The number of nitrogens with zero attached hydrogens (tertiary/aromatic N) is 1. The van der Waals surface area contributed by atoms with E-state index in [2.05, 4.69) is 15.8 Å². The molecule has 3 aromatic rings. The summed E-state index contributed by atoms with van der Waals surface area (Å²) in [6, 6.07) is 14.8. The Morgan fingerprint density at radius 1 is 0.966 bits per heavy atom. The maximum absolute atomic E-state index is 12.8. The van der Waals surface area contributed by atoms with Gasteiger partial charge in [0, 0.05) is 5.69 Å². The minimum absolute atomic E-state index is 0.281. The summed E-state index contributed by atoms with van der Waals surface area (Å²) >= 11 is 1.29. The van der Waals surface area contributed by atoms with Gasteiger partial charge in [0.05, 0.1) is 6.21 Å². The maximum atomic E-state index is 12.8. The van der Waals surface area contributed by atoms with Crippen LogP contribution in [0.25, 0.3) is 0 Å². The van der Waals surface area contributed by atoms with E-state index in [1.807, 2.05) is 0 Å². The number of hydrogen-bond acceptors (Lipinski definition) is 6. The third-order valence-electron chi connectivity index (χ3n) is 3.50. The summed E-state index contributed by atoms with van der Waals surface area (Å²) in [7, 11) is 0. The third-order valence-corrected chi connectivity index (χ3v) is 4.35. The minimum Gasteiger partial charge on any atom is -0.422 e. The molecule has 9 heteroatoms. The van der Waals surface area contributed by atoms with Gasteiger partial charge in [-0.1, -0.05) is 6.07 Å². The zero-order valence-electron chi connectivity index (χ0n) is 14.8. The molecule has 0 aliphatic heterocycles. The van der Waals surface area contributed by atoms with Gasteiger partial charge in [-0.15, -0.1) is 11.3 Å². The highest BCUT2D eigenvalue weighted by molar-refractivity contribution is 7.12. The van der Waals surface area contributed by atoms with E-state index in [1.165, 1.54) is 29.7 Å². The molecule has 0 bridgehead atoms. The Balaban J connectivity index is 1.49. The third kappa shape index (κ3) is 5.81. The van der Waals surface area contributed by atoms with Crippen molar-refractivity contribution in [3.8, 4) is 5.75 Å². The summed E-state index contributed by atoms with van der Waals surface area (Å²) in [5.41, 5.74) is 2.98. The standard InChI is InChI=1S/C20H14FN3O4S/c21-14-5-7-15(8-6-14)23-18(25)19(26)24-22-12-13-3-9-16(10-4-13)28-20(27)17-2-1-11-29-17/h1-12H,(H,23,25)(H,24,26)/b22-12-. The van der Waals surface area contributed by atoms with Crippen molar-refractivity contribution in [1.29, 1.82) is 0 Å². The fourth-order valence-electron chi connectivity index (χ4n) is 2.11. The molecule has 29 heavy (non-hydrogen) atoms. The minimum atomic E-state index is -0.980. The highest BCUT2D eigenvalue weighted by atomic mass is 32.1. The van der Waals surface area contributed by atoms with Gasteiger partial charge >= 0.3 is 17.8 Å². The molecule has 0 fully saturated rings. The lowest BCUT2D eigenvalue weighted by molar-refractivity contribution is -0.136. The molecule has 1 heterocycles. The second-order valence-electron chi connectivity index (χ2n) is 5.60. The predicted octanol–water partition coefficient (Wildman–Crippen LogP) is 3.20.